The van der Waals surface area contributed by atoms with Crippen LogP contribution in [0.4, 0.5) is 0 Å². The fraction of sp³-hybridized carbons (Fsp3) is 1.00. The molecule has 0 atom stereocenters. The molecular weight excluding hydrogens is 169 g/mol. The third-order valence-electron chi connectivity index (χ3n) is 0. The fourth-order valence-electron chi connectivity index (χ4n) is 0. The summed E-state index contributed by atoms with van der Waals surface area (Å²) in [6, 6.07) is 0. The molecule has 0 saturated heterocycles. The second-order valence-electron chi connectivity index (χ2n) is 0.316. The first-order valence-electron chi connectivity index (χ1n) is 1.02. The second kappa shape index (κ2) is 19.4. The molecule has 0 fully saturated rings. The molecule has 0 rings (SSSR count). The van der Waals surface area contributed by atoms with E-state index in [1.54, 1.807) is 6.92 Å². The van der Waals surface area contributed by atoms with Crippen molar-refractivity contribution in [3.8, 4) is 0 Å². The summed E-state index contributed by atoms with van der Waals surface area (Å²) in [6.07, 6.45) is 0. The number of aliphatic hydroxyl groups is 1. The standard InChI is InChI=1S/C2H6O.Cu.Zn/c1-2-3;;/h3H,2H2,1H3;;. The van der Waals surface area contributed by atoms with Crippen molar-refractivity contribution in [3.63, 3.8) is 0 Å². The van der Waals surface area contributed by atoms with Gasteiger partial charge in [-0.25, -0.2) is 0 Å². The van der Waals surface area contributed by atoms with Crippen molar-refractivity contribution in [1.82, 2.24) is 0 Å². The van der Waals surface area contributed by atoms with Gasteiger partial charge in [-0.15, -0.1) is 0 Å². The molecule has 0 heterocycles. The van der Waals surface area contributed by atoms with Gasteiger partial charge < -0.3 is 5.11 Å². The summed E-state index contributed by atoms with van der Waals surface area (Å²) >= 11 is 0. The van der Waals surface area contributed by atoms with Crippen molar-refractivity contribution in [3.05, 3.63) is 0 Å². The first-order valence-corrected chi connectivity index (χ1v) is 1.02. The number of hydrogen-bond acceptors (Lipinski definition) is 1. The summed E-state index contributed by atoms with van der Waals surface area (Å²) in [5.41, 5.74) is 0. The van der Waals surface area contributed by atoms with Gasteiger partial charge in [0.05, 0.1) is 0 Å². The van der Waals surface area contributed by atoms with Gasteiger partial charge in [0.15, 0.2) is 0 Å². The second-order valence-corrected chi connectivity index (χ2v) is 0.316. The number of aliphatic hydroxyl groups excluding tert-OH is 1. The predicted octanol–water partition coefficient (Wildman–Crippen LogP) is -0.00640. The van der Waals surface area contributed by atoms with E-state index in [1.165, 1.54) is 0 Å². The Kier molecular flexibility index (Phi) is 64.1. The minimum atomic E-state index is 0. The van der Waals surface area contributed by atoms with Gasteiger partial charge in [0.25, 0.3) is 0 Å². The zero-order valence-electron chi connectivity index (χ0n) is 3.16. The molecule has 1 nitrogen and oxygen atoms in total. The van der Waals surface area contributed by atoms with Gasteiger partial charge in [-0.05, 0) is 6.92 Å². The van der Waals surface area contributed by atoms with E-state index in [9.17, 15) is 0 Å². The molecule has 0 aromatic rings. The molecule has 3 heteroatoms. The van der Waals surface area contributed by atoms with Crippen LogP contribution in [0.25, 0.3) is 0 Å². The van der Waals surface area contributed by atoms with E-state index in [0.29, 0.717) is 0 Å². The average molecular weight is 175 g/mol. The molecular formula is C2H6CuOZn. The van der Waals surface area contributed by atoms with E-state index < -0.39 is 0 Å². The van der Waals surface area contributed by atoms with Crippen LogP contribution in [-0.2, 0) is 36.5 Å². The summed E-state index contributed by atoms with van der Waals surface area (Å²) in [5.74, 6) is 0. The molecule has 0 aliphatic carbocycles. The average Bonchev–Trinajstić information content (AvgIpc) is 0.918. The summed E-state index contributed by atoms with van der Waals surface area (Å²) in [4.78, 5) is 0. The Morgan fingerprint density at radius 3 is 1.60 bits per heavy atom. The molecule has 0 aliphatic heterocycles. The Morgan fingerprint density at radius 1 is 1.60 bits per heavy atom. The summed E-state index contributed by atoms with van der Waals surface area (Å²) in [7, 11) is 0. The smallest absolute Gasteiger partial charge is 0.0402 e. The maximum atomic E-state index is 7.57. The topological polar surface area (TPSA) is 20.2 Å². The van der Waals surface area contributed by atoms with Gasteiger partial charge in [-0.1, -0.05) is 0 Å². The molecule has 5 heavy (non-hydrogen) atoms. The number of hydrogen-bond donors (Lipinski definition) is 1. The van der Waals surface area contributed by atoms with Crippen LogP contribution >= 0.6 is 0 Å². The Balaban J connectivity index is -0.0000000200. The van der Waals surface area contributed by atoms with Crippen LogP contribution in [0, 0.1) is 0 Å². The Labute approximate surface area is 55.4 Å². The van der Waals surface area contributed by atoms with Crippen molar-refractivity contribution in [2.45, 2.75) is 6.92 Å². The molecule has 1 N–H and O–H groups in total. The minimum Gasteiger partial charge on any atom is -0.397 e. The molecule has 0 unspecified atom stereocenters. The van der Waals surface area contributed by atoms with Gasteiger partial charge >= 0.3 is 0 Å². The van der Waals surface area contributed by atoms with Crippen LogP contribution in [0.2, 0.25) is 0 Å². The summed E-state index contributed by atoms with van der Waals surface area (Å²) in [5, 5.41) is 7.57. The summed E-state index contributed by atoms with van der Waals surface area (Å²) < 4.78 is 0. The van der Waals surface area contributed by atoms with Crippen molar-refractivity contribution < 1.29 is 41.7 Å². The largest absolute Gasteiger partial charge is 0.397 e. The maximum absolute atomic E-state index is 7.57. The van der Waals surface area contributed by atoms with E-state index in [2.05, 4.69) is 0 Å². The molecule has 0 aromatic heterocycles. The molecule has 0 aliphatic rings. The summed E-state index contributed by atoms with van der Waals surface area (Å²) in [6.45, 7) is 1.93. The van der Waals surface area contributed by atoms with E-state index in [-0.39, 0.29) is 43.2 Å². The molecule has 0 bridgehead atoms. The van der Waals surface area contributed by atoms with Crippen molar-refractivity contribution in [2.24, 2.45) is 0 Å². The quantitative estimate of drug-likeness (QED) is 0.513. The van der Waals surface area contributed by atoms with Crippen molar-refractivity contribution in [2.75, 3.05) is 6.61 Å². The predicted molar refractivity (Wildman–Crippen MR) is 12.8 cm³/mol. The van der Waals surface area contributed by atoms with Crippen LogP contribution < -0.4 is 0 Å². The van der Waals surface area contributed by atoms with Crippen LogP contribution in [0.15, 0.2) is 0 Å². The van der Waals surface area contributed by atoms with Gasteiger partial charge in [0.1, 0.15) is 0 Å². The van der Waals surface area contributed by atoms with E-state index in [4.69, 9.17) is 5.11 Å². The maximum Gasteiger partial charge on any atom is 0.0402 e. The van der Waals surface area contributed by atoms with Crippen molar-refractivity contribution >= 4 is 0 Å². The third-order valence-corrected chi connectivity index (χ3v) is 0. The third kappa shape index (κ3) is 40.4. The number of rotatable bonds is 0. The first-order chi connectivity index (χ1) is 1.41. The van der Waals surface area contributed by atoms with Crippen LogP contribution in [0.1, 0.15) is 6.92 Å². The molecule has 0 spiro atoms. The van der Waals surface area contributed by atoms with Gasteiger partial charge in [-0.2, -0.15) is 0 Å². The van der Waals surface area contributed by atoms with Crippen LogP contribution in [0.3, 0.4) is 0 Å². The molecule has 1 radical (unpaired) electrons. The van der Waals surface area contributed by atoms with E-state index in [1.807, 2.05) is 0 Å². The molecule has 0 amide bonds. The Hall–Kier alpha value is 1.10. The zero-order chi connectivity index (χ0) is 2.71. The monoisotopic (exact) mass is 173 g/mol. The van der Waals surface area contributed by atoms with Gasteiger partial charge in [-0.3, -0.25) is 0 Å². The van der Waals surface area contributed by atoms with Gasteiger partial charge in [0.2, 0.25) is 0 Å². The van der Waals surface area contributed by atoms with Gasteiger partial charge in [0, 0.05) is 43.2 Å². The van der Waals surface area contributed by atoms with Crippen LogP contribution in [-0.4, -0.2) is 11.7 Å². The Bertz CT molecular complexity index is 9.61. The fourth-order valence-corrected chi connectivity index (χ4v) is 0. The first kappa shape index (κ1) is 16.5. The zero-order valence-corrected chi connectivity index (χ0v) is 7.07. The molecule has 33 valence electrons. The normalized spacial score (nSPS) is 3.60. The molecule has 0 aromatic carbocycles. The van der Waals surface area contributed by atoms with Crippen LogP contribution in [0.5, 0.6) is 0 Å². The van der Waals surface area contributed by atoms with Crippen molar-refractivity contribution in [1.29, 1.82) is 0 Å². The van der Waals surface area contributed by atoms with E-state index in [0.717, 1.165) is 0 Å². The Morgan fingerprint density at radius 2 is 1.60 bits per heavy atom. The van der Waals surface area contributed by atoms with E-state index >= 15 is 0 Å². The molecule has 0 saturated carbocycles. The SMILES string of the molecule is CCO.[Cu].[Zn]. The minimum absolute atomic E-state index is 0.